The van der Waals surface area contributed by atoms with E-state index in [4.69, 9.17) is 9.90 Å². The molecule has 11 heteroatoms. The van der Waals surface area contributed by atoms with Gasteiger partial charge in [0, 0.05) is 43.0 Å². The number of rotatable bonds is 9. The molecule has 1 amide bonds. The van der Waals surface area contributed by atoms with Crippen LogP contribution < -0.4 is 14.9 Å². The van der Waals surface area contributed by atoms with Crippen molar-refractivity contribution >= 4 is 44.7 Å². The molecule has 0 unspecified atom stereocenters. The lowest BCUT2D eigenvalue weighted by molar-refractivity contribution is -0.122. The average molecular weight is 607 g/mol. The highest BCUT2D eigenvalue weighted by molar-refractivity contribution is 7.92. The number of benzene rings is 3. The van der Waals surface area contributed by atoms with Crippen molar-refractivity contribution in [2.75, 3.05) is 29.0 Å². The predicted octanol–water partition coefficient (Wildman–Crippen LogP) is 3.81. The van der Waals surface area contributed by atoms with Crippen LogP contribution in [0.1, 0.15) is 34.0 Å². The van der Waals surface area contributed by atoms with Gasteiger partial charge < -0.3 is 25.4 Å². The Hall–Kier alpha value is -4.35. The van der Waals surface area contributed by atoms with E-state index >= 15 is 0 Å². The molecule has 3 aromatic carbocycles. The monoisotopic (exact) mass is 606 g/mol. The number of carbonyl (C=O) groups is 2. The van der Waals surface area contributed by atoms with Gasteiger partial charge in [0.2, 0.25) is 10.0 Å². The third-order valence-corrected chi connectivity index (χ3v) is 9.39. The highest BCUT2D eigenvalue weighted by atomic mass is 32.2. The van der Waals surface area contributed by atoms with Crippen LogP contribution >= 0.6 is 0 Å². The molecule has 228 valence electrons. The van der Waals surface area contributed by atoms with Crippen molar-refractivity contribution in [2.24, 2.45) is 0 Å². The number of hydrogen-bond acceptors (Lipinski definition) is 6. The van der Waals surface area contributed by atoms with Gasteiger partial charge in [-0.1, -0.05) is 42.5 Å². The highest BCUT2D eigenvalue weighted by Crippen LogP contribution is 2.37. The van der Waals surface area contributed by atoms with E-state index in [1.165, 1.54) is 4.31 Å². The Morgan fingerprint density at radius 2 is 1.81 bits per heavy atom. The number of aliphatic hydroxyl groups is 1. The largest absolute Gasteiger partial charge is 0.483 e. The number of carboxylic acid groups (broad SMARTS) is 1. The Balaban J connectivity index is 0.00000135. The molecular formula is C32H38N4O6S. The van der Waals surface area contributed by atoms with E-state index in [2.05, 4.69) is 15.2 Å². The van der Waals surface area contributed by atoms with Crippen LogP contribution in [0.4, 0.5) is 11.4 Å². The Morgan fingerprint density at radius 3 is 2.49 bits per heavy atom. The average Bonchev–Trinajstić information content (AvgIpc) is 3.32. The summed E-state index contributed by atoms with van der Waals surface area (Å²) in [5.41, 5.74) is 5.63. The first-order valence-corrected chi connectivity index (χ1v) is 15.7. The van der Waals surface area contributed by atoms with Crippen LogP contribution in [0.3, 0.4) is 0 Å². The van der Waals surface area contributed by atoms with Crippen LogP contribution in [0, 0.1) is 6.92 Å². The Bertz CT molecular complexity index is 1690. The van der Waals surface area contributed by atoms with Gasteiger partial charge in [-0.05, 0) is 67.6 Å². The maximum atomic E-state index is 13.7. The number of carbonyl (C=O) groups excluding carboxylic acids is 1. The first kappa shape index (κ1) is 31.6. The molecule has 4 aromatic rings. The molecule has 0 radical (unpaired) electrons. The minimum atomic E-state index is -3.51. The van der Waals surface area contributed by atoms with E-state index in [9.17, 15) is 18.3 Å². The number of aromatic nitrogens is 1. The molecule has 0 saturated carbocycles. The van der Waals surface area contributed by atoms with Gasteiger partial charge in [-0.2, -0.15) is 0 Å². The molecule has 1 aliphatic heterocycles. The fourth-order valence-electron chi connectivity index (χ4n) is 5.37. The molecule has 0 fully saturated rings. The lowest BCUT2D eigenvalue weighted by Gasteiger charge is -2.26. The van der Waals surface area contributed by atoms with Crippen LogP contribution in [0.25, 0.3) is 10.9 Å². The van der Waals surface area contributed by atoms with Gasteiger partial charge in [0.25, 0.3) is 12.4 Å². The van der Waals surface area contributed by atoms with Crippen molar-refractivity contribution in [1.29, 1.82) is 0 Å². The lowest BCUT2D eigenvalue weighted by atomic mass is 9.99. The summed E-state index contributed by atoms with van der Waals surface area (Å²) in [5.74, 6) is -0.351. The number of aryl methyl sites for hydroxylation is 3. The fourth-order valence-corrected chi connectivity index (χ4v) is 6.56. The maximum Gasteiger partial charge on any atom is 0.290 e. The van der Waals surface area contributed by atoms with Crippen LogP contribution in [0.15, 0.2) is 72.9 Å². The SMILES string of the molecule is CCn1cc2c3c(cc(C(=O)N[C@@H](Cc4ccccc4)[C@H](O)CNc4cccc(C)c4)cc31)N(C)S(=O)(=O)CC2.O=CO. The molecule has 10 nitrogen and oxygen atoms in total. The Kier molecular flexibility index (Phi) is 10.1. The second kappa shape index (κ2) is 13.7. The zero-order valence-electron chi connectivity index (χ0n) is 24.5. The topological polar surface area (TPSA) is 141 Å². The highest BCUT2D eigenvalue weighted by Gasteiger charge is 2.29. The van der Waals surface area contributed by atoms with E-state index in [0.29, 0.717) is 30.6 Å². The van der Waals surface area contributed by atoms with Crippen molar-refractivity contribution < 1.29 is 28.2 Å². The van der Waals surface area contributed by atoms with Crippen molar-refractivity contribution in [3.63, 3.8) is 0 Å². The molecule has 1 aromatic heterocycles. The van der Waals surface area contributed by atoms with Gasteiger partial charge in [-0.3, -0.25) is 13.9 Å². The smallest absolute Gasteiger partial charge is 0.290 e. The minimum Gasteiger partial charge on any atom is -0.483 e. The summed E-state index contributed by atoms with van der Waals surface area (Å²) in [7, 11) is -1.97. The van der Waals surface area contributed by atoms with Crippen LogP contribution in [-0.2, 0) is 34.2 Å². The predicted molar refractivity (Wildman–Crippen MR) is 169 cm³/mol. The summed E-state index contributed by atoms with van der Waals surface area (Å²) in [6.07, 6.45) is 1.96. The molecule has 2 atom stereocenters. The second-order valence-corrected chi connectivity index (χ2v) is 12.7. The van der Waals surface area contributed by atoms with Crippen molar-refractivity contribution in [3.8, 4) is 0 Å². The quantitative estimate of drug-likeness (QED) is 0.212. The summed E-state index contributed by atoms with van der Waals surface area (Å²) in [4.78, 5) is 22.1. The number of amides is 1. The van der Waals surface area contributed by atoms with E-state index in [-0.39, 0.29) is 24.7 Å². The molecule has 1 aliphatic rings. The zero-order chi connectivity index (χ0) is 31.1. The maximum absolute atomic E-state index is 13.7. The molecule has 0 saturated heterocycles. The number of nitrogens with one attached hydrogen (secondary N) is 2. The van der Waals surface area contributed by atoms with Crippen LogP contribution in [0.5, 0.6) is 0 Å². The lowest BCUT2D eigenvalue weighted by Crippen LogP contribution is -2.47. The number of nitrogens with zero attached hydrogens (tertiary/aromatic N) is 2. The Morgan fingerprint density at radius 1 is 1.09 bits per heavy atom. The molecule has 0 aliphatic carbocycles. The number of aliphatic hydroxyl groups excluding tert-OH is 1. The zero-order valence-corrected chi connectivity index (χ0v) is 25.3. The molecule has 0 spiro atoms. The van der Waals surface area contributed by atoms with Gasteiger partial charge in [0.1, 0.15) is 0 Å². The first-order valence-electron chi connectivity index (χ1n) is 14.1. The molecule has 4 N–H and O–H groups in total. The van der Waals surface area contributed by atoms with Gasteiger partial charge in [-0.15, -0.1) is 0 Å². The molecule has 5 rings (SSSR count). The first-order chi connectivity index (χ1) is 20.6. The normalized spacial score (nSPS) is 15.0. The van der Waals surface area contributed by atoms with E-state index < -0.39 is 22.2 Å². The molecule has 2 heterocycles. The van der Waals surface area contributed by atoms with Crippen LogP contribution in [-0.4, -0.2) is 67.1 Å². The second-order valence-electron chi connectivity index (χ2n) is 10.6. The third kappa shape index (κ3) is 7.36. The molecular weight excluding hydrogens is 568 g/mol. The van der Waals surface area contributed by atoms with Crippen molar-refractivity contribution in [1.82, 2.24) is 9.88 Å². The molecule has 43 heavy (non-hydrogen) atoms. The van der Waals surface area contributed by atoms with Gasteiger partial charge in [0.05, 0.1) is 29.1 Å². The van der Waals surface area contributed by atoms with E-state index in [0.717, 1.165) is 33.3 Å². The van der Waals surface area contributed by atoms with Crippen LogP contribution in [0.2, 0.25) is 0 Å². The minimum absolute atomic E-state index is 0.0157. The summed E-state index contributed by atoms with van der Waals surface area (Å²) in [6, 6.07) is 20.5. The number of sulfonamides is 1. The number of anilines is 2. The van der Waals surface area contributed by atoms with Gasteiger partial charge in [-0.25, -0.2) is 8.42 Å². The Labute approximate surface area is 252 Å². The summed E-state index contributed by atoms with van der Waals surface area (Å²) in [6.45, 7) is 4.72. The van der Waals surface area contributed by atoms with Crippen molar-refractivity contribution in [3.05, 3.63) is 95.2 Å². The summed E-state index contributed by atoms with van der Waals surface area (Å²) in [5, 5.41) is 25.3. The number of hydrogen-bond donors (Lipinski definition) is 4. The van der Waals surface area contributed by atoms with E-state index in [1.54, 1.807) is 13.1 Å². The van der Waals surface area contributed by atoms with Crippen molar-refractivity contribution in [2.45, 2.75) is 45.4 Å². The third-order valence-electron chi connectivity index (χ3n) is 7.64. The van der Waals surface area contributed by atoms with E-state index in [1.807, 2.05) is 80.7 Å². The fraction of sp³-hybridized carbons (Fsp3) is 0.312. The standard InChI is InChI=1S/C31H36N4O4S.CH2O2/c1-4-35-20-23-13-14-40(38,39)34(3)27-17-24(18-28(35)30(23)27)31(37)33-26(16-22-10-6-5-7-11-22)29(36)19-32-25-12-8-9-21(2)15-25;2-1-3/h5-12,15,17-18,20,26,29,32,36H,4,13-14,16,19H2,1-3H3,(H,33,37);1H,(H,2,3)/t26-,29+;/m0./s1. The van der Waals surface area contributed by atoms with Gasteiger partial charge >= 0.3 is 0 Å². The summed E-state index contributed by atoms with van der Waals surface area (Å²) < 4.78 is 29.2. The summed E-state index contributed by atoms with van der Waals surface area (Å²) >= 11 is 0. The molecule has 0 bridgehead atoms. The van der Waals surface area contributed by atoms with Gasteiger partial charge in [0.15, 0.2) is 0 Å².